The van der Waals surface area contributed by atoms with Gasteiger partial charge in [-0.1, -0.05) is 41.9 Å². The smallest absolute Gasteiger partial charge is 0.269 e. The minimum Gasteiger partial charge on any atom is -0.371 e. The number of hydrogen-bond acceptors (Lipinski definition) is 3. The Bertz CT molecular complexity index is 1160. The average molecular weight is 475 g/mol. The van der Waals surface area contributed by atoms with E-state index < -0.39 is 0 Å². The Morgan fingerprint density at radius 2 is 1.76 bits per heavy atom. The van der Waals surface area contributed by atoms with Crippen molar-refractivity contribution in [2.75, 3.05) is 18.0 Å². The zero-order valence-electron chi connectivity index (χ0n) is 19.7. The van der Waals surface area contributed by atoms with Gasteiger partial charge in [-0.15, -0.1) is 0 Å². The van der Waals surface area contributed by atoms with E-state index in [0.717, 1.165) is 42.1 Å². The summed E-state index contributed by atoms with van der Waals surface area (Å²) in [7, 11) is 0. The van der Waals surface area contributed by atoms with E-state index in [1.807, 2.05) is 44.3 Å². The summed E-state index contributed by atoms with van der Waals surface area (Å²) in [6, 6.07) is 20.5. The summed E-state index contributed by atoms with van der Waals surface area (Å²) in [4.78, 5) is 22.6. The second-order valence-electron chi connectivity index (χ2n) is 8.79. The maximum Gasteiger partial charge on any atom is 0.269 e. The number of nitrogens with zero attached hydrogens (tertiary/aromatic N) is 2. The Morgan fingerprint density at radius 1 is 1.06 bits per heavy atom. The molecule has 1 saturated heterocycles. The third-order valence-electron chi connectivity index (χ3n) is 6.34. The summed E-state index contributed by atoms with van der Waals surface area (Å²) in [6.45, 7) is 6.32. The van der Waals surface area contributed by atoms with Crippen molar-refractivity contribution in [2.45, 2.75) is 39.2 Å². The van der Waals surface area contributed by atoms with E-state index in [0.29, 0.717) is 23.9 Å². The molecule has 1 amide bonds. The molecule has 1 aromatic heterocycles. The van der Waals surface area contributed by atoms with Gasteiger partial charge in [0.2, 0.25) is 0 Å². The normalized spacial score (nSPS) is 13.9. The van der Waals surface area contributed by atoms with Crippen molar-refractivity contribution in [3.8, 4) is 0 Å². The predicted molar refractivity (Wildman–Crippen MR) is 139 cm³/mol. The number of aromatic amines is 1. The van der Waals surface area contributed by atoms with Crippen LogP contribution in [-0.2, 0) is 6.54 Å². The van der Waals surface area contributed by atoms with Gasteiger partial charge in [-0.2, -0.15) is 0 Å². The predicted octanol–water partition coefficient (Wildman–Crippen LogP) is 6.12. The number of carbonyl (C=O) groups excluding carboxylic acids is 1. The number of hydrogen-bond donors (Lipinski definition) is 2. The number of amides is 1. The minimum atomic E-state index is -0.172. The Hall–Kier alpha value is -3.31. The Labute approximate surface area is 206 Å². The highest BCUT2D eigenvalue weighted by Gasteiger charge is 2.20. The number of carbonyl (C=O) groups is 1. The van der Waals surface area contributed by atoms with Gasteiger partial charge in [0.1, 0.15) is 5.69 Å². The van der Waals surface area contributed by atoms with Crippen LogP contribution in [0, 0.1) is 13.8 Å². The number of benzene rings is 2. The second kappa shape index (κ2) is 11.2. The van der Waals surface area contributed by atoms with Crippen molar-refractivity contribution >= 4 is 23.2 Å². The number of aromatic nitrogens is 2. The number of aryl methyl sites for hydroxylation is 2. The van der Waals surface area contributed by atoms with Gasteiger partial charge >= 0.3 is 0 Å². The van der Waals surface area contributed by atoms with E-state index in [9.17, 15) is 4.79 Å². The van der Waals surface area contributed by atoms with Crippen LogP contribution in [-0.4, -0.2) is 29.0 Å². The maximum absolute atomic E-state index is 12.8. The summed E-state index contributed by atoms with van der Waals surface area (Å²) in [6.07, 6.45) is 5.78. The maximum atomic E-state index is 12.8. The van der Waals surface area contributed by atoms with Gasteiger partial charge in [0, 0.05) is 42.7 Å². The molecule has 3 aromatic rings. The lowest BCUT2D eigenvalue weighted by atomic mass is 9.89. The first kappa shape index (κ1) is 23.8. The van der Waals surface area contributed by atoms with Crippen molar-refractivity contribution in [3.05, 3.63) is 106 Å². The molecule has 4 rings (SSSR count). The molecule has 0 saturated carbocycles. The fourth-order valence-electron chi connectivity index (χ4n) is 4.28. The number of halogens is 1. The van der Waals surface area contributed by atoms with Crippen LogP contribution in [0.3, 0.4) is 0 Å². The molecule has 6 heteroatoms. The first-order chi connectivity index (χ1) is 16.5. The van der Waals surface area contributed by atoms with Gasteiger partial charge in [-0.25, -0.2) is 0 Å². The lowest BCUT2D eigenvalue weighted by Crippen LogP contribution is -2.32. The van der Waals surface area contributed by atoms with Gasteiger partial charge < -0.3 is 15.2 Å². The van der Waals surface area contributed by atoms with Crippen molar-refractivity contribution in [2.24, 2.45) is 0 Å². The molecule has 5 nitrogen and oxygen atoms in total. The molecule has 176 valence electrons. The Kier molecular flexibility index (Phi) is 7.86. The third kappa shape index (κ3) is 6.17. The van der Waals surface area contributed by atoms with Crippen molar-refractivity contribution in [1.82, 2.24) is 15.3 Å². The largest absolute Gasteiger partial charge is 0.371 e. The van der Waals surface area contributed by atoms with Gasteiger partial charge in [-0.05, 0) is 79.6 Å². The van der Waals surface area contributed by atoms with Crippen LogP contribution < -0.4 is 10.2 Å². The number of H-pyrrole nitrogens is 1. The van der Waals surface area contributed by atoms with Gasteiger partial charge in [-0.3, -0.25) is 9.78 Å². The Balaban J connectivity index is 1.34. The average Bonchev–Trinajstić information content (AvgIpc) is 2.94. The zero-order valence-corrected chi connectivity index (χ0v) is 20.5. The minimum absolute atomic E-state index is 0.172. The standard InChI is InChI=1S/C28H31ClN4O/c1-20-4-3-15-30-21(2)27(31-18-20)28(34)32-19-22-5-11-26(12-6-22)33-16-13-24(14-17-33)23-7-9-25(29)10-8-23/h3-12,15,18,24,31H,13-14,16-17,19H2,1-2H3,(H,32,34). The quantitative estimate of drug-likeness (QED) is 0.468. The molecule has 1 aliphatic heterocycles. The fraction of sp³-hybridized carbons (Fsp3) is 0.286. The van der Waals surface area contributed by atoms with Crippen LogP contribution in [0.5, 0.6) is 0 Å². The molecular weight excluding hydrogens is 444 g/mol. The summed E-state index contributed by atoms with van der Waals surface area (Å²) in [5.74, 6) is 0.416. The lowest BCUT2D eigenvalue weighted by molar-refractivity contribution is 0.0945. The highest BCUT2D eigenvalue weighted by atomic mass is 35.5. The van der Waals surface area contributed by atoms with Gasteiger partial charge in [0.25, 0.3) is 5.91 Å². The summed E-state index contributed by atoms with van der Waals surface area (Å²) in [5.41, 5.74) is 5.78. The molecule has 2 N–H and O–H groups in total. The van der Waals surface area contributed by atoms with Crippen LogP contribution in [0.15, 0.2) is 73.1 Å². The van der Waals surface area contributed by atoms with Crippen LogP contribution in [0.1, 0.15) is 51.6 Å². The molecule has 0 atom stereocenters. The summed E-state index contributed by atoms with van der Waals surface area (Å²) < 4.78 is 0. The van der Waals surface area contributed by atoms with Crippen LogP contribution in [0.4, 0.5) is 5.69 Å². The molecule has 1 aliphatic rings. The molecule has 0 unspecified atom stereocenters. The topological polar surface area (TPSA) is 61.0 Å². The van der Waals surface area contributed by atoms with E-state index in [1.54, 1.807) is 6.20 Å². The van der Waals surface area contributed by atoms with Crippen molar-refractivity contribution in [1.29, 1.82) is 0 Å². The first-order valence-corrected chi connectivity index (χ1v) is 12.1. The SMILES string of the molecule is Cc1cccnc(C)c(C(=O)NCc2ccc(N3CCC(c4ccc(Cl)cc4)CC3)cc2)[nH]c1. The van der Waals surface area contributed by atoms with Crippen LogP contribution in [0.25, 0.3) is 0 Å². The molecule has 1 fully saturated rings. The summed E-state index contributed by atoms with van der Waals surface area (Å²) in [5, 5.41) is 3.79. The van der Waals surface area contributed by atoms with E-state index >= 15 is 0 Å². The molecule has 0 aliphatic carbocycles. The molecule has 0 radical (unpaired) electrons. The molecule has 34 heavy (non-hydrogen) atoms. The third-order valence-corrected chi connectivity index (χ3v) is 6.59. The highest BCUT2D eigenvalue weighted by molar-refractivity contribution is 6.30. The van der Waals surface area contributed by atoms with E-state index in [4.69, 9.17) is 11.6 Å². The number of anilines is 1. The molecule has 2 aromatic carbocycles. The molecule has 0 bridgehead atoms. The van der Waals surface area contributed by atoms with Crippen molar-refractivity contribution < 1.29 is 4.79 Å². The fourth-order valence-corrected chi connectivity index (χ4v) is 4.41. The Morgan fingerprint density at radius 3 is 2.47 bits per heavy atom. The molecule has 2 heterocycles. The van der Waals surface area contributed by atoms with Crippen molar-refractivity contribution in [3.63, 3.8) is 0 Å². The monoisotopic (exact) mass is 474 g/mol. The first-order valence-electron chi connectivity index (χ1n) is 11.7. The number of rotatable bonds is 5. The zero-order chi connectivity index (χ0) is 23.9. The summed E-state index contributed by atoms with van der Waals surface area (Å²) >= 11 is 6.03. The molecular formula is C28H31ClN4O. The lowest BCUT2D eigenvalue weighted by Gasteiger charge is -2.34. The van der Waals surface area contributed by atoms with Crippen LogP contribution in [0.2, 0.25) is 5.02 Å². The van der Waals surface area contributed by atoms with Gasteiger partial charge in [0.05, 0.1) is 5.69 Å². The number of piperidine rings is 1. The molecule has 0 spiro atoms. The number of nitrogens with one attached hydrogen (secondary N) is 2. The van der Waals surface area contributed by atoms with E-state index in [2.05, 4.69) is 56.6 Å². The van der Waals surface area contributed by atoms with Crippen LogP contribution >= 0.6 is 11.6 Å². The second-order valence-corrected chi connectivity index (χ2v) is 9.23. The highest BCUT2D eigenvalue weighted by Crippen LogP contribution is 2.31. The van der Waals surface area contributed by atoms with E-state index in [-0.39, 0.29) is 5.91 Å². The van der Waals surface area contributed by atoms with E-state index in [1.165, 1.54) is 11.3 Å². The van der Waals surface area contributed by atoms with Gasteiger partial charge in [0.15, 0.2) is 0 Å².